The molecular weight excluding hydrogens is 512 g/mol. The highest BCUT2D eigenvalue weighted by Gasteiger charge is 2.22. The molecule has 0 atom stereocenters. The van der Waals surface area contributed by atoms with Gasteiger partial charge in [-0.15, -0.1) is 0 Å². The van der Waals surface area contributed by atoms with E-state index < -0.39 is 46.1 Å². The molecule has 0 bridgehead atoms. The van der Waals surface area contributed by atoms with Gasteiger partial charge >= 0.3 is 23.9 Å². The largest absolute Gasteiger partial charge is 0.478 e. The molecule has 11 heteroatoms. The van der Waals surface area contributed by atoms with Crippen molar-refractivity contribution < 1.29 is 53.8 Å². The second-order valence-electron chi connectivity index (χ2n) is 7.84. The lowest BCUT2D eigenvalue weighted by Gasteiger charge is -2.17. The maximum absolute atomic E-state index is 11.7. The quantitative estimate of drug-likeness (QED) is 0.193. The Morgan fingerprint density at radius 1 is 0.436 bits per heavy atom. The predicted octanol–water partition coefficient (Wildman–Crippen LogP) is 5.86. The highest BCUT2D eigenvalue weighted by Crippen LogP contribution is 2.44. The number of benzene rings is 4. The first-order valence-electron chi connectivity index (χ1n) is 11.1. The first kappa shape index (κ1) is 26.2. The number of hydrogen-bond acceptors (Lipinski definition) is 7. The second-order valence-corrected chi connectivity index (χ2v) is 7.84. The Labute approximate surface area is 219 Å². The van der Waals surface area contributed by atoms with Crippen LogP contribution in [0, 0.1) is 0 Å². The summed E-state index contributed by atoms with van der Waals surface area (Å²) < 4.78 is 17.7. The maximum Gasteiger partial charge on any atom is 0.336 e. The summed E-state index contributed by atoms with van der Waals surface area (Å²) >= 11 is 0. The van der Waals surface area contributed by atoms with Crippen molar-refractivity contribution in [1.82, 2.24) is 0 Å². The van der Waals surface area contributed by atoms with Gasteiger partial charge in [0.05, 0.1) is 22.3 Å². The van der Waals surface area contributed by atoms with E-state index in [2.05, 4.69) is 0 Å². The van der Waals surface area contributed by atoms with Crippen molar-refractivity contribution in [3.63, 3.8) is 0 Å². The maximum atomic E-state index is 11.7. The first-order valence-corrected chi connectivity index (χ1v) is 11.1. The van der Waals surface area contributed by atoms with E-state index in [1.165, 1.54) is 24.3 Å². The molecule has 0 unspecified atom stereocenters. The molecule has 4 aromatic rings. The summed E-state index contributed by atoms with van der Waals surface area (Å²) in [4.78, 5) is 46.1. The minimum atomic E-state index is -1.48. The molecule has 0 aliphatic rings. The predicted molar refractivity (Wildman–Crippen MR) is 134 cm³/mol. The second kappa shape index (κ2) is 11.0. The molecule has 4 rings (SSSR count). The molecule has 0 aliphatic heterocycles. The Balaban J connectivity index is 1.80. The number of hydrogen-bond donors (Lipinski definition) is 4. The molecule has 0 amide bonds. The van der Waals surface area contributed by atoms with E-state index in [1.807, 2.05) is 0 Å². The average molecular weight is 530 g/mol. The van der Waals surface area contributed by atoms with Crippen molar-refractivity contribution in [2.24, 2.45) is 0 Å². The Hall–Kier alpha value is -5.84. The third kappa shape index (κ3) is 5.94. The highest BCUT2D eigenvalue weighted by molar-refractivity contribution is 6.02. The molecule has 4 N–H and O–H groups in total. The third-order valence-electron chi connectivity index (χ3n) is 5.27. The van der Waals surface area contributed by atoms with Gasteiger partial charge in [-0.3, -0.25) is 0 Å². The number of aromatic carboxylic acids is 4. The molecule has 0 fully saturated rings. The molecule has 39 heavy (non-hydrogen) atoms. The van der Waals surface area contributed by atoms with Crippen molar-refractivity contribution >= 4 is 23.9 Å². The van der Waals surface area contributed by atoms with Crippen LogP contribution in [0.5, 0.6) is 34.5 Å². The summed E-state index contributed by atoms with van der Waals surface area (Å²) in [6.45, 7) is 0. The topological polar surface area (TPSA) is 177 Å². The lowest BCUT2D eigenvalue weighted by molar-refractivity contribution is 0.0651. The van der Waals surface area contributed by atoms with Crippen molar-refractivity contribution in [1.29, 1.82) is 0 Å². The van der Waals surface area contributed by atoms with Gasteiger partial charge in [0, 0.05) is 0 Å². The van der Waals surface area contributed by atoms with Gasteiger partial charge in [-0.1, -0.05) is 24.3 Å². The van der Waals surface area contributed by atoms with Crippen LogP contribution in [0.2, 0.25) is 0 Å². The summed E-state index contributed by atoms with van der Waals surface area (Å²) in [6.07, 6.45) is 0. The SMILES string of the molecule is O=C(O)c1ccc(Oc2cccc(Oc3ccccc3)c2Oc2ccc(C(=O)O)c(C(=O)O)c2)cc1C(=O)O. The van der Waals surface area contributed by atoms with Crippen LogP contribution >= 0.6 is 0 Å². The fourth-order valence-electron chi connectivity index (χ4n) is 3.52. The van der Waals surface area contributed by atoms with E-state index in [-0.39, 0.29) is 28.7 Å². The highest BCUT2D eigenvalue weighted by atomic mass is 16.5. The molecule has 0 heterocycles. The number of carboxylic acid groups (broad SMARTS) is 4. The van der Waals surface area contributed by atoms with Crippen LogP contribution < -0.4 is 14.2 Å². The van der Waals surface area contributed by atoms with Crippen molar-refractivity contribution in [3.8, 4) is 34.5 Å². The monoisotopic (exact) mass is 530 g/mol. The normalized spacial score (nSPS) is 10.4. The van der Waals surface area contributed by atoms with Crippen LogP contribution in [0.4, 0.5) is 0 Å². The molecule has 0 aromatic heterocycles. The summed E-state index contributed by atoms with van der Waals surface area (Å²) in [7, 11) is 0. The van der Waals surface area contributed by atoms with Gasteiger partial charge in [0.15, 0.2) is 11.5 Å². The number of rotatable bonds is 10. The van der Waals surface area contributed by atoms with E-state index in [0.29, 0.717) is 5.75 Å². The zero-order valence-electron chi connectivity index (χ0n) is 19.7. The zero-order chi connectivity index (χ0) is 28.1. The van der Waals surface area contributed by atoms with Crippen molar-refractivity contribution in [3.05, 3.63) is 107 Å². The van der Waals surface area contributed by atoms with Crippen LogP contribution in [0.15, 0.2) is 84.9 Å². The Morgan fingerprint density at radius 2 is 0.872 bits per heavy atom. The summed E-state index contributed by atoms with van der Waals surface area (Å²) in [5.74, 6) is -5.43. The molecule has 0 saturated carbocycles. The van der Waals surface area contributed by atoms with E-state index in [1.54, 1.807) is 36.4 Å². The minimum Gasteiger partial charge on any atom is -0.478 e. The molecular formula is C28H18O11. The van der Waals surface area contributed by atoms with E-state index in [4.69, 9.17) is 14.2 Å². The molecule has 11 nitrogen and oxygen atoms in total. The van der Waals surface area contributed by atoms with Gasteiger partial charge in [0.1, 0.15) is 17.2 Å². The number of para-hydroxylation sites is 2. The third-order valence-corrected chi connectivity index (χ3v) is 5.27. The Morgan fingerprint density at radius 3 is 1.33 bits per heavy atom. The Bertz CT molecular complexity index is 1590. The Kier molecular flexibility index (Phi) is 7.43. The van der Waals surface area contributed by atoms with Gasteiger partial charge in [-0.05, 0) is 60.7 Å². The van der Waals surface area contributed by atoms with Gasteiger partial charge in [-0.2, -0.15) is 0 Å². The summed E-state index contributed by atoms with van der Waals surface area (Å²) in [5, 5.41) is 37.5. The molecule has 4 aromatic carbocycles. The van der Waals surface area contributed by atoms with Gasteiger partial charge in [0.25, 0.3) is 0 Å². The van der Waals surface area contributed by atoms with Crippen molar-refractivity contribution in [2.75, 3.05) is 0 Å². The molecule has 0 radical (unpaired) electrons. The van der Waals surface area contributed by atoms with Gasteiger partial charge in [0.2, 0.25) is 5.75 Å². The molecule has 196 valence electrons. The van der Waals surface area contributed by atoms with Crippen LogP contribution in [0.25, 0.3) is 0 Å². The molecule has 0 aliphatic carbocycles. The van der Waals surface area contributed by atoms with Crippen LogP contribution in [0.3, 0.4) is 0 Å². The standard InChI is InChI=1S/C28H18O11/c29-25(30)18-11-9-16(13-20(18)27(33)34)38-23-8-4-7-22(37-15-5-2-1-3-6-15)24(23)39-17-10-12-19(26(31)32)21(14-17)28(35)36/h1-14H,(H,29,30)(H,31,32)(H,33,34)(H,35,36). The van der Waals surface area contributed by atoms with Gasteiger partial charge in [-0.25, -0.2) is 19.2 Å². The number of carbonyl (C=O) groups is 4. The average Bonchev–Trinajstić information content (AvgIpc) is 2.90. The molecule has 0 saturated heterocycles. The van der Waals surface area contributed by atoms with Gasteiger partial charge < -0.3 is 34.6 Å². The van der Waals surface area contributed by atoms with Crippen molar-refractivity contribution in [2.45, 2.75) is 0 Å². The number of ether oxygens (including phenoxy) is 3. The minimum absolute atomic E-state index is 0.00188. The number of carboxylic acids is 4. The van der Waals surface area contributed by atoms with E-state index >= 15 is 0 Å². The lowest BCUT2D eigenvalue weighted by Crippen LogP contribution is -2.08. The van der Waals surface area contributed by atoms with E-state index in [0.717, 1.165) is 24.3 Å². The van der Waals surface area contributed by atoms with Crippen LogP contribution in [-0.2, 0) is 0 Å². The molecule has 0 spiro atoms. The van der Waals surface area contributed by atoms with E-state index in [9.17, 15) is 39.6 Å². The summed E-state index contributed by atoms with van der Waals surface area (Å²) in [5.41, 5.74) is -1.90. The van der Waals surface area contributed by atoms with Crippen LogP contribution in [-0.4, -0.2) is 44.3 Å². The fourth-order valence-corrected chi connectivity index (χ4v) is 3.52. The lowest BCUT2D eigenvalue weighted by atomic mass is 10.1. The fraction of sp³-hybridized carbons (Fsp3) is 0. The summed E-state index contributed by atoms with van der Waals surface area (Å²) in [6, 6.07) is 19.9. The first-order chi connectivity index (χ1) is 18.6. The van der Waals surface area contributed by atoms with Crippen LogP contribution in [0.1, 0.15) is 41.4 Å². The zero-order valence-corrected chi connectivity index (χ0v) is 19.7. The smallest absolute Gasteiger partial charge is 0.336 e.